The normalized spacial score (nSPS) is 14.8. The predicted octanol–water partition coefficient (Wildman–Crippen LogP) is 3.98. The molecule has 2 heterocycles. The topological polar surface area (TPSA) is 33.2 Å². The van der Waals surface area contributed by atoms with Crippen molar-refractivity contribution >= 4 is 29.1 Å². The van der Waals surface area contributed by atoms with Gasteiger partial charge in [-0.2, -0.15) is 0 Å². The SMILES string of the molecule is O=C1c2ccccc2CCCN1Cc1ccc(Cl)nc1Cl. The van der Waals surface area contributed by atoms with E-state index in [0.29, 0.717) is 23.4 Å². The van der Waals surface area contributed by atoms with Gasteiger partial charge < -0.3 is 4.90 Å². The van der Waals surface area contributed by atoms with Gasteiger partial charge in [0.1, 0.15) is 10.3 Å². The number of aromatic nitrogens is 1. The van der Waals surface area contributed by atoms with Crippen molar-refractivity contribution in [3.63, 3.8) is 0 Å². The number of carbonyl (C=O) groups is 1. The molecule has 1 aromatic carbocycles. The third-order valence-electron chi connectivity index (χ3n) is 3.66. The van der Waals surface area contributed by atoms with Crippen LogP contribution >= 0.6 is 23.2 Å². The van der Waals surface area contributed by atoms with Gasteiger partial charge in [0.2, 0.25) is 0 Å². The Balaban J connectivity index is 1.87. The molecule has 108 valence electrons. The van der Waals surface area contributed by atoms with Crippen LogP contribution < -0.4 is 0 Å². The third kappa shape index (κ3) is 3.04. The van der Waals surface area contributed by atoms with E-state index in [0.717, 1.165) is 29.5 Å². The highest BCUT2D eigenvalue weighted by Gasteiger charge is 2.22. The fourth-order valence-corrected chi connectivity index (χ4v) is 3.00. The molecule has 21 heavy (non-hydrogen) atoms. The first-order chi connectivity index (χ1) is 10.1. The Morgan fingerprint density at radius 3 is 2.76 bits per heavy atom. The van der Waals surface area contributed by atoms with E-state index in [1.54, 1.807) is 6.07 Å². The van der Waals surface area contributed by atoms with Crippen molar-refractivity contribution in [3.8, 4) is 0 Å². The van der Waals surface area contributed by atoms with Crippen molar-refractivity contribution in [2.75, 3.05) is 6.54 Å². The van der Waals surface area contributed by atoms with Crippen LogP contribution in [0.1, 0.15) is 27.9 Å². The quantitative estimate of drug-likeness (QED) is 0.784. The van der Waals surface area contributed by atoms with Gasteiger partial charge in [-0.05, 0) is 30.5 Å². The van der Waals surface area contributed by atoms with Crippen LogP contribution in [0.25, 0.3) is 0 Å². The predicted molar refractivity (Wildman–Crippen MR) is 83.8 cm³/mol. The summed E-state index contributed by atoms with van der Waals surface area (Å²) in [5, 5.41) is 0.712. The second-order valence-corrected chi connectivity index (χ2v) is 5.82. The van der Waals surface area contributed by atoms with Gasteiger partial charge in [0.05, 0.1) is 0 Å². The summed E-state index contributed by atoms with van der Waals surface area (Å²) in [4.78, 5) is 18.5. The molecule has 0 spiro atoms. The number of aryl methyl sites for hydroxylation is 1. The van der Waals surface area contributed by atoms with Crippen molar-refractivity contribution in [1.82, 2.24) is 9.88 Å². The summed E-state index contributed by atoms with van der Waals surface area (Å²) in [5.41, 5.74) is 2.71. The lowest BCUT2D eigenvalue weighted by Gasteiger charge is -2.21. The standard InChI is InChI=1S/C16H14Cl2N2O/c17-14-8-7-12(15(18)19-14)10-20-9-3-5-11-4-1-2-6-13(11)16(20)21/h1-2,4,6-8H,3,5,9-10H2. The number of fused-ring (bicyclic) bond motifs is 1. The summed E-state index contributed by atoms with van der Waals surface area (Å²) in [6.07, 6.45) is 1.87. The number of nitrogens with zero attached hydrogens (tertiary/aromatic N) is 2. The van der Waals surface area contributed by atoms with Crippen molar-refractivity contribution in [2.24, 2.45) is 0 Å². The maximum absolute atomic E-state index is 12.7. The van der Waals surface area contributed by atoms with E-state index in [-0.39, 0.29) is 5.91 Å². The average molecular weight is 321 g/mol. The fraction of sp³-hybridized carbons (Fsp3) is 0.250. The minimum Gasteiger partial charge on any atom is -0.334 e. The minimum atomic E-state index is 0.0501. The molecule has 0 saturated carbocycles. The van der Waals surface area contributed by atoms with E-state index in [1.165, 1.54) is 0 Å². The largest absolute Gasteiger partial charge is 0.334 e. The Labute approximate surface area is 133 Å². The molecule has 0 radical (unpaired) electrons. The molecule has 0 saturated heterocycles. The molecule has 1 aromatic heterocycles. The molecule has 3 nitrogen and oxygen atoms in total. The molecular weight excluding hydrogens is 307 g/mol. The molecule has 0 bridgehead atoms. The monoisotopic (exact) mass is 320 g/mol. The average Bonchev–Trinajstić information content (AvgIpc) is 2.63. The maximum Gasteiger partial charge on any atom is 0.254 e. The van der Waals surface area contributed by atoms with Crippen LogP contribution in [0.5, 0.6) is 0 Å². The Hall–Kier alpha value is -1.58. The van der Waals surface area contributed by atoms with E-state index in [4.69, 9.17) is 23.2 Å². The zero-order chi connectivity index (χ0) is 14.8. The van der Waals surface area contributed by atoms with Crippen LogP contribution in [-0.4, -0.2) is 22.3 Å². The number of pyridine rings is 1. The van der Waals surface area contributed by atoms with E-state index in [9.17, 15) is 4.79 Å². The van der Waals surface area contributed by atoms with Gasteiger partial charge in [-0.15, -0.1) is 0 Å². The van der Waals surface area contributed by atoms with Gasteiger partial charge in [0.25, 0.3) is 5.91 Å². The summed E-state index contributed by atoms with van der Waals surface area (Å²) < 4.78 is 0. The summed E-state index contributed by atoms with van der Waals surface area (Å²) in [6, 6.07) is 11.3. The summed E-state index contributed by atoms with van der Waals surface area (Å²) in [6.45, 7) is 1.17. The first-order valence-electron chi connectivity index (χ1n) is 6.83. The van der Waals surface area contributed by atoms with E-state index >= 15 is 0 Å². The number of rotatable bonds is 2. The Bertz CT molecular complexity index is 688. The molecule has 0 aliphatic carbocycles. The lowest BCUT2D eigenvalue weighted by molar-refractivity contribution is 0.0749. The number of carbonyl (C=O) groups excluding carboxylic acids is 1. The number of hydrogen-bond donors (Lipinski definition) is 0. The number of hydrogen-bond acceptors (Lipinski definition) is 2. The highest BCUT2D eigenvalue weighted by atomic mass is 35.5. The highest BCUT2D eigenvalue weighted by molar-refractivity contribution is 6.32. The second-order valence-electron chi connectivity index (χ2n) is 5.07. The van der Waals surface area contributed by atoms with Crippen LogP contribution in [0.15, 0.2) is 36.4 Å². The number of amides is 1. The molecule has 1 aliphatic heterocycles. The molecule has 1 amide bonds. The van der Waals surface area contributed by atoms with Gasteiger partial charge in [0.15, 0.2) is 0 Å². The zero-order valence-electron chi connectivity index (χ0n) is 11.4. The van der Waals surface area contributed by atoms with Gasteiger partial charge in [-0.3, -0.25) is 4.79 Å². The van der Waals surface area contributed by atoms with Crippen LogP contribution in [0.4, 0.5) is 0 Å². The molecule has 2 aromatic rings. The minimum absolute atomic E-state index is 0.0501. The van der Waals surface area contributed by atoms with Gasteiger partial charge >= 0.3 is 0 Å². The molecule has 3 rings (SSSR count). The molecule has 0 fully saturated rings. The highest BCUT2D eigenvalue weighted by Crippen LogP contribution is 2.23. The van der Waals surface area contributed by atoms with Gasteiger partial charge in [-0.1, -0.05) is 47.5 Å². The Kier molecular flexibility index (Phi) is 4.13. The van der Waals surface area contributed by atoms with Crippen LogP contribution in [0.2, 0.25) is 10.3 Å². The van der Waals surface area contributed by atoms with E-state index in [1.807, 2.05) is 35.2 Å². The van der Waals surface area contributed by atoms with E-state index < -0.39 is 0 Å². The first kappa shape index (κ1) is 14.4. The third-order valence-corrected chi connectivity index (χ3v) is 4.20. The number of benzene rings is 1. The summed E-state index contributed by atoms with van der Waals surface area (Å²) in [7, 11) is 0. The van der Waals surface area contributed by atoms with Crippen molar-refractivity contribution < 1.29 is 4.79 Å². The van der Waals surface area contributed by atoms with Crippen molar-refractivity contribution in [3.05, 3.63) is 63.4 Å². The molecule has 0 atom stereocenters. The molecule has 0 unspecified atom stereocenters. The smallest absolute Gasteiger partial charge is 0.254 e. The van der Waals surface area contributed by atoms with Crippen molar-refractivity contribution in [2.45, 2.75) is 19.4 Å². The van der Waals surface area contributed by atoms with Gasteiger partial charge in [-0.25, -0.2) is 4.98 Å². The summed E-state index contributed by atoms with van der Waals surface area (Å²) in [5.74, 6) is 0.0501. The molecule has 0 N–H and O–H groups in total. The lowest BCUT2D eigenvalue weighted by atomic mass is 10.0. The van der Waals surface area contributed by atoms with E-state index in [2.05, 4.69) is 4.98 Å². The molecule has 1 aliphatic rings. The lowest BCUT2D eigenvalue weighted by Crippen LogP contribution is -2.30. The Morgan fingerprint density at radius 1 is 1.14 bits per heavy atom. The van der Waals surface area contributed by atoms with Crippen LogP contribution in [0, 0.1) is 0 Å². The Morgan fingerprint density at radius 2 is 1.95 bits per heavy atom. The molecule has 5 heteroatoms. The van der Waals surface area contributed by atoms with Gasteiger partial charge in [0, 0.05) is 24.2 Å². The first-order valence-corrected chi connectivity index (χ1v) is 7.59. The second kappa shape index (κ2) is 6.04. The summed E-state index contributed by atoms with van der Waals surface area (Å²) >= 11 is 11.9. The fourth-order valence-electron chi connectivity index (χ4n) is 2.59. The molecular formula is C16H14Cl2N2O. The van der Waals surface area contributed by atoms with Crippen LogP contribution in [-0.2, 0) is 13.0 Å². The maximum atomic E-state index is 12.7. The zero-order valence-corrected chi connectivity index (χ0v) is 12.9. The van der Waals surface area contributed by atoms with Crippen LogP contribution in [0.3, 0.4) is 0 Å². The number of halogens is 2. The van der Waals surface area contributed by atoms with Crippen molar-refractivity contribution in [1.29, 1.82) is 0 Å².